The second-order valence-electron chi connectivity index (χ2n) is 9.64. The van der Waals surface area contributed by atoms with E-state index in [4.69, 9.17) is 33.9 Å². The van der Waals surface area contributed by atoms with E-state index in [0.717, 1.165) is 64.1 Å². The molecule has 3 aliphatic heterocycles. The Morgan fingerprint density at radius 2 is 1.80 bits per heavy atom. The molecule has 0 unspecified atom stereocenters. The Morgan fingerprint density at radius 3 is 2.51 bits per heavy atom. The Hall–Kier alpha value is -2.30. The van der Waals surface area contributed by atoms with Crippen LogP contribution in [-0.2, 0) is 20.9 Å². The van der Waals surface area contributed by atoms with Crippen molar-refractivity contribution >= 4 is 52.3 Å². The summed E-state index contributed by atoms with van der Waals surface area (Å²) >= 11 is 11.1. The van der Waals surface area contributed by atoms with Crippen LogP contribution in [0.25, 0.3) is 0 Å². The minimum Gasteiger partial charge on any atom is -0.471 e. The molecular formula is C25H34N4O4S2. The van der Waals surface area contributed by atoms with Gasteiger partial charge in [-0.1, -0.05) is 6.42 Å². The van der Waals surface area contributed by atoms with E-state index >= 15 is 0 Å². The molecule has 35 heavy (non-hydrogen) atoms. The van der Waals surface area contributed by atoms with Gasteiger partial charge in [-0.3, -0.25) is 14.6 Å². The lowest BCUT2D eigenvalue weighted by atomic mass is 10.0. The highest BCUT2D eigenvalue weighted by Gasteiger charge is 2.49. The zero-order valence-corrected chi connectivity index (χ0v) is 22.4. The topological polar surface area (TPSA) is 65.6 Å². The van der Waals surface area contributed by atoms with Crippen molar-refractivity contribution in [3.8, 4) is 0 Å². The molecule has 0 N–H and O–H groups in total. The van der Waals surface area contributed by atoms with Crippen LogP contribution in [0.3, 0.4) is 0 Å². The van der Waals surface area contributed by atoms with Gasteiger partial charge in [0.05, 0.1) is 17.9 Å². The molecule has 0 saturated carbocycles. The molecule has 0 spiro atoms. The molecule has 1 amide bonds. The minimum atomic E-state index is -0.711. The van der Waals surface area contributed by atoms with Gasteiger partial charge in [0.1, 0.15) is 12.1 Å². The van der Waals surface area contributed by atoms with E-state index in [2.05, 4.69) is 9.80 Å². The van der Waals surface area contributed by atoms with Gasteiger partial charge >= 0.3 is 5.97 Å². The summed E-state index contributed by atoms with van der Waals surface area (Å²) in [6, 6.07) is 5.33. The summed E-state index contributed by atoms with van der Waals surface area (Å²) < 4.78 is 10.5. The number of carbonyl (C=O) groups excluding carboxylic acids is 2. The highest BCUT2D eigenvalue weighted by molar-refractivity contribution is 7.80. The lowest BCUT2D eigenvalue weighted by Gasteiger charge is -2.35. The fraction of sp³-hybridized carbons (Fsp3) is 0.600. The third kappa shape index (κ3) is 5.29. The second kappa shape index (κ2) is 10.8. The number of esters is 1. The lowest BCUT2D eigenvalue weighted by molar-refractivity contribution is -0.123. The van der Waals surface area contributed by atoms with Gasteiger partial charge in [-0.25, -0.2) is 4.79 Å². The fourth-order valence-electron chi connectivity index (χ4n) is 4.85. The predicted molar refractivity (Wildman–Crippen MR) is 143 cm³/mol. The first-order chi connectivity index (χ1) is 16.7. The Kier molecular flexibility index (Phi) is 7.92. The molecule has 190 valence electrons. The van der Waals surface area contributed by atoms with Crippen molar-refractivity contribution in [1.82, 2.24) is 14.7 Å². The van der Waals surface area contributed by atoms with E-state index in [9.17, 15) is 9.59 Å². The number of carbonyl (C=O) groups is 2. The molecule has 2 saturated heterocycles. The van der Waals surface area contributed by atoms with Crippen LogP contribution < -0.4 is 4.90 Å². The molecule has 8 nitrogen and oxygen atoms in total. The molecule has 1 aromatic rings. The highest BCUT2D eigenvalue weighted by Crippen LogP contribution is 2.34. The molecule has 0 radical (unpaired) electrons. The summed E-state index contributed by atoms with van der Waals surface area (Å²) in [5.41, 5.74) is 1.33. The number of unbranched alkanes of at least 4 members (excludes halogenated alkanes) is 2. The van der Waals surface area contributed by atoms with Crippen molar-refractivity contribution in [3.05, 3.63) is 29.3 Å². The molecule has 3 aliphatic rings. The van der Waals surface area contributed by atoms with Gasteiger partial charge in [-0.15, -0.1) is 0 Å². The van der Waals surface area contributed by atoms with Crippen molar-refractivity contribution in [2.75, 3.05) is 50.8 Å². The summed E-state index contributed by atoms with van der Waals surface area (Å²) in [5, 5.41) is 1.13. The fourth-order valence-corrected chi connectivity index (χ4v) is 5.66. The number of cyclic esters (lactones) is 1. The number of nitrogens with zero attached hydrogens (tertiary/aromatic N) is 4. The van der Waals surface area contributed by atoms with E-state index < -0.39 is 5.54 Å². The standard InChI is InChI=1S/C25H34N4O4S2/c1-4-32-24(35)27-14-12-26(13-15-27)10-6-5-7-11-28-23(34)29(22(31)25(28,2)3)19-8-9-20-18(16-19)17-33-21(20)30/h8-9,16H,4-7,10-15,17H2,1-3H3. The lowest BCUT2D eigenvalue weighted by Crippen LogP contribution is -2.48. The third-order valence-corrected chi connectivity index (χ3v) is 7.78. The summed E-state index contributed by atoms with van der Waals surface area (Å²) in [7, 11) is 0. The van der Waals surface area contributed by atoms with Gasteiger partial charge in [0, 0.05) is 38.3 Å². The van der Waals surface area contributed by atoms with Gasteiger partial charge in [-0.2, -0.15) is 0 Å². The van der Waals surface area contributed by atoms with Crippen molar-refractivity contribution in [2.45, 2.75) is 52.2 Å². The molecule has 10 heteroatoms. The van der Waals surface area contributed by atoms with Crippen LogP contribution in [0.2, 0.25) is 0 Å². The SMILES string of the molecule is CCOC(=S)N1CCN(CCCCCN2C(=S)N(c3ccc4c(c3)COC4=O)C(=O)C2(C)C)CC1. The highest BCUT2D eigenvalue weighted by atomic mass is 32.1. The summed E-state index contributed by atoms with van der Waals surface area (Å²) in [6.07, 6.45) is 3.14. The summed E-state index contributed by atoms with van der Waals surface area (Å²) in [4.78, 5) is 33.3. The van der Waals surface area contributed by atoms with Crippen LogP contribution >= 0.6 is 24.4 Å². The maximum absolute atomic E-state index is 13.3. The molecule has 0 bridgehead atoms. The molecule has 0 atom stereocenters. The Bertz CT molecular complexity index is 1010. The molecular weight excluding hydrogens is 484 g/mol. The molecule has 3 heterocycles. The summed E-state index contributed by atoms with van der Waals surface area (Å²) in [6.45, 7) is 12.3. The number of ether oxygens (including phenoxy) is 2. The maximum Gasteiger partial charge on any atom is 0.338 e. The van der Waals surface area contributed by atoms with Crippen molar-refractivity contribution in [1.29, 1.82) is 0 Å². The van der Waals surface area contributed by atoms with Crippen LogP contribution in [0.4, 0.5) is 5.69 Å². The first kappa shape index (κ1) is 25.8. The van der Waals surface area contributed by atoms with Crippen LogP contribution in [0.15, 0.2) is 18.2 Å². The predicted octanol–water partition coefficient (Wildman–Crippen LogP) is 3.18. The zero-order chi connectivity index (χ0) is 25.2. The van der Waals surface area contributed by atoms with Gasteiger partial charge in [-0.05, 0) is 82.8 Å². The number of hydrogen-bond donors (Lipinski definition) is 0. The maximum atomic E-state index is 13.3. The first-order valence-electron chi connectivity index (χ1n) is 12.3. The summed E-state index contributed by atoms with van der Waals surface area (Å²) in [5.74, 6) is -0.366. The average molecular weight is 519 g/mol. The number of anilines is 1. The van der Waals surface area contributed by atoms with E-state index in [1.807, 2.05) is 31.7 Å². The van der Waals surface area contributed by atoms with E-state index in [-0.39, 0.29) is 18.5 Å². The average Bonchev–Trinajstić information content (AvgIpc) is 3.28. The monoisotopic (exact) mass is 518 g/mol. The molecule has 2 fully saturated rings. The van der Waals surface area contributed by atoms with Crippen molar-refractivity contribution in [2.24, 2.45) is 0 Å². The van der Waals surface area contributed by atoms with E-state index in [1.54, 1.807) is 17.0 Å². The Morgan fingerprint density at radius 1 is 1.09 bits per heavy atom. The number of fused-ring (bicyclic) bond motifs is 1. The number of hydrogen-bond acceptors (Lipinski definition) is 7. The second-order valence-corrected chi connectivity index (χ2v) is 10.4. The van der Waals surface area contributed by atoms with Gasteiger partial charge in [0.25, 0.3) is 11.1 Å². The largest absolute Gasteiger partial charge is 0.471 e. The normalized spacial score (nSPS) is 19.9. The number of thiocarbonyl (C=S) groups is 2. The van der Waals surface area contributed by atoms with E-state index in [0.29, 0.717) is 28.1 Å². The number of amides is 1. The van der Waals surface area contributed by atoms with Gasteiger partial charge in [0.2, 0.25) is 0 Å². The number of piperazine rings is 1. The smallest absolute Gasteiger partial charge is 0.338 e. The molecule has 1 aromatic carbocycles. The Labute approximate surface area is 218 Å². The van der Waals surface area contributed by atoms with E-state index in [1.165, 1.54) is 0 Å². The van der Waals surface area contributed by atoms with Crippen molar-refractivity contribution in [3.63, 3.8) is 0 Å². The molecule has 0 aromatic heterocycles. The van der Waals surface area contributed by atoms with Crippen LogP contribution in [0.1, 0.15) is 56.0 Å². The third-order valence-electron chi connectivity index (χ3n) is 7.00. The quantitative estimate of drug-likeness (QED) is 0.293. The number of rotatable bonds is 8. The molecule has 4 rings (SSSR count). The zero-order valence-electron chi connectivity index (χ0n) is 20.7. The number of benzene rings is 1. The van der Waals surface area contributed by atoms with Crippen LogP contribution in [0, 0.1) is 0 Å². The van der Waals surface area contributed by atoms with Crippen LogP contribution in [-0.4, -0.2) is 88.3 Å². The van der Waals surface area contributed by atoms with Gasteiger partial charge < -0.3 is 19.3 Å². The van der Waals surface area contributed by atoms with Crippen molar-refractivity contribution < 1.29 is 19.1 Å². The Balaban J connectivity index is 1.25. The van der Waals surface area contributed by atoms with Crippen LogP contribution in [0.5, 0.6) is 0 Å². The first-order valence-corrected chi connectivity index (χ1v) is 13.2. The molecule has 0 aliphatic carbocycles. The van der Waals surface area contributed by atoms with Gasteiger partial charge in [0.15, 0.2) is 5.11 Å². The minimum absolute atomic E-state index is 0.0458.